The molecule has 2 aliphatic carbocycles. The van der Waals surface area contributed by atoms with Gasteiger partial charge in [-0.05, 0) is 74.8 Å². The van der Waals surface area contributed by atoms with E-state index in [1.807, 2.05) is 30.5 Å². The minimum Gasteiger partial charge on any atom is -0.294 e. The number of fused-ring (bicyclic) bond motifs is 9. The highest BCUT2D eigenvalue weighted by atomic mass is 15.0. The van der Waals surface area contributed by atoms with Gasteiger partial charge in [0.25, 0.3) is 0 Å². The van der Waals surface area contributed by atoms with Gasteiger partial charge in [-0.2, -0.15) is 0 Å². The van der Waals surface area contributed by atoms with Crippen LogP contribution in [0.4, 0.5) is 0 Å². The Bertz CT molecular complexity index is 2990. The lowest BCUT2D eigenvalue weighted by molar-refractivity contribution is 0.660. The summed E-state index contributed by atoms with van der Waals surface area (Å²) in [5.74, 6) is 2.02. The quantitative estimate of drug-likeness (QED) is 0.183. The van der Waals surface area contributed by atoms with E-state index in [-0.39, 0.29) is 10.8 Å². The first-order valence-electron chi connectivity index (χ1n) is 19.0. The zero-order chi connectivity index (χ0) is 37.1. The first-order chi connectivity index (χ1) is 26.8. The highest BCUT2D eigenvalue weighted by molar-refractivity contribution is 6.08. The number of rotatable bonds is 4. The molecule has 11 rings (SSSR count). The molecule has 0 fully saturated rings. The van der Waals surface area contributed by atoms with Gasteiger partial charge in [0.1, 0.15) is 5.65 Å². The number of benzene rings is 6. The van der Waals surface area contributed by atoms with Crippen LogP contribution in [0.3, 0.4) is 0 Å². The molecule has 0 bridgehead atoms. The van der Waals surface area contributed by atoms with Crippen molar-refractivity contribution in [1.82, 2.24) is 24.5 Å². The van der Waals surface area contributed by atoms with Crippen molar-refractivity contribution in [3.63, 3.8) is 0 Å². The lowest BCUT2D eigenvalue weighted by Crippen LogP contribution is -2.17. The third-order valence-corrected chi connectivity index (χ3v) is 12.1. The summed E-state index contributed by atoms with van der Waals surface area (Å²) in [4.78, 5) is 20.8. The molecule has 3 heterocycles. The fraction of sp³-hybridized carbons (Fsp3) is 0.120. The predicted octanol–water partition coefficient (Wildman–Crippen LogP) is 12.0. The molecule has 0 radical (unpaired) electrons. The second-order valence-electron chi connectivity index (χ2n) is 15.9. The molecule has 55 heavy (non-hydrogen) atoms. The van der Waals surface area contributed by atoms with E-state index >= 15 is 0 Å². The van der Waals surface area contributed by atoms with E-state index in [1.54, 1.807) is 0 Å². The lowest BCUT2D eigenvalue weighted by Gasteiger charge is -2.25. The Labute approximate surface area is 320 Å². The average Bonchev–Trinajstić information content (AvgIpc) is 3.78. The number of aromatic nitrogens is 5. The highest BCUT2D eigenvalue weighted by Gasteiger charge is 2.40. The van der Waals surface area contributed by atoms with E-state index in [4.69, 9.17) is 19.9 Å². The van der Waals surface area contributed by atoms with Gasteiger partial charge in [-0.15, -0.1) is 0 Å². The summed E-state index contributed by atoms with van der Waals surface area (Å²) in [6.07, 6.45) is 1.88. The van der Waals surface area contributed by atoms with Crippen molar-refractivity contribution in [3.8, 4) is 62.1 Å². The predicted molar refractivity (Wildman–Crippen MR) is 223 cm³/mol. The minimum absolute atomic E-state index is 0.135. The van der Waals surface area contributed by atoms with Gasteiger partial charge in [0, 0.05) is 50.2 Å². The molecule has 0 N–H and O–H groups in total. The third-order valence-electron chi connectivity index (χ3n) is 12.1. The number of hydrogen-bond donors (Lipinski definition) is 0. The smallest absolute Gasteiger partial charge is 0.164 e. The van der Waals surface area contributed by atoms with Crippen molar-refractivity contribution in [3.05, 3.63) is 174 Å². The Kier molecular flexibility index (Phi) is 6.58. The maximum atomic E-state index is 5.40. The van der Waals surface area contributed by atoms with Crippen LogP contribution < -0.4 is 0 Å². The van der Waals surface area contributed by atoms with Crippen LogP contribution in [0.1, 0.15) is 49.9 Å². The summed E-state index contributed by atoms with van der Waals surface area (Å²) in [5, 5.41) is 2.35. The van der Waals surface area contributed by atoms with Crippen molar-refractivity contribution in [1.29, 1.82) is 0 Å². The van der Waals surface area contributed by atoms with Gasteiger partial charge in [0.15, 0.2) is 17.5 Å². The standard InChI is InChI=1S/C50H37N5/c1-49(2)39-23-10-8-18-36(39)43-37(20-13-24-40(43)49)46-52-45(30-15-6-5-7-16-30)53-47(54-46)38-21-12-19-34-32-27-26-31(29-41(32)50(3,4)44(34)38)55-42-25-11-9-17-33(42)35-22-14-28-51-48(35)55/h5-29H,1-4H3. The minimum atomic E-state index is -0.347. The number of nitrogens with zero attached hydrogens (tertiary/aromatic N) is 5. The second-order valence-corrected chi connectivity index (χ2v) is 15.9. The fourth-order valence-electron chi connectivity index (χ4n) is 9.53. The van der Waals surface area contributed by atoms with Gasteiger partial charge in [-0.3, -0.25) is 4.57 Å². The molecular weight excluding hydrogens is 671 g/mol. The molecule has 0 amide bonds. The third kappa shape index (κ3) is 4.47. The Morgan fingerprint density at radius 2 is 1.11 bits per heavy atom. The van der Waals surface area contributed by atoms with Crippen LogP contribution in [0.15, 0.2) is 152 Å². The molecule has 5 nitrogen and oxygen atoms in total. The molecule has 9 aromatic rings. The summed E-state index contributed by atoms with van der Waals surface area (Å²) < 4.78 is 2.30. The molecule has 0 unspecified atom stereocenters. The molecule has 0 saturated carbocycles. The van der Waals surface area contributed by atoms with E-state index in [9.17, 15) is 0 Å². The zero-order valence-electron chi connectivity index (χ0n) is 31.2. The molecule has 0 atom stereocenters. The molecule has 3 aromatic heterocycles. The Hall–Kier alpha value is -6.72. The molecule has 6 aromatic carbocycles. The summed E-state index contributed by atoms with van der Waals surface area (Å²) in [6, 6.07) is 51.8. The molecule has 2 aliphatic rings. The monoisotopic (exact) mass is 707 g/mol. The zero-order valence-corrected chi connectivity index (χ0v) is 31.2. The van der Waals surface area contributed by atoms with Crippen LogP contribution in [0, 0.1) is 0 Å². The molecular formula is C50H37N5. The summed E-state index contributed by atoms with van der Waals surface area (Å²) in [6.45, 7) is 9.29. The Morgan fingerprint density at radius 3 is 1.98 bits per heavy atom. The highest BCUT2D eigenvalue weighted by Crippen LogP contribution is 2.54. The molecule has 262 valence electrons. The van der Waals surface area contributed by atoms with Crippen LogP contribution in [0.2, 0.25) is 0 Å². The van der Waals surface area contributed by atoms with Crippen LogP contribution in [-0.4, -0.2) is 24.5 Å². The Morgan fingerprint density at radius 1 is 0.455 bits per heavy atom. The maximum Gasteiger partial charge on any atom is 0.164 e. The maximum absolute atomic E-state index is 5.40. The molecule has 0 aliphatic heterocycles. The molecule has 0 saturated heterocycles. The average molecular weight is 708 g/mol. The lowest BCUT2D eigenvalue weighted by atomic mass is 9.80. The van der Waals surface area contributed by atoms with E-state index in [0.29, 0.717) is 17.5 Å². The summed E-state index contributed by atoms with van der Waals surface area (Å²) in [7, 11) is 0. The van der Waals surface area contributed by atoms with Crippen molar-refractivity contribution in [2.24, 2.45) is 0 Å². The number of para-hydroxylation sites is 1. The van der Waals surface area contributed by atoms with Gasteiger partial charge in [-0.1, -0.05) is 143 Å². The van der Waals surface area contributed by atoms with Crippen LogP contribution in [0.25, 0.3) is 84.0 Å². The fourth-order valence-corrected chi connectivity index (χ4v) is 9.53. The normalized spacial score (nSPS) is 14.5. The first kappa shape index (κ1) is 31.8. The van der Waals surface area contributed by atoms with Crippen molar-refractivity contribution in [2.45, 2.75) is 38.5 Å². The van der Waals surface area contributed by atoms with E-state index in [2.05, 4.69) is 154 Å². The van der Waals surface area contributed by atoms with Gasteiger partial charge < -0.3 is 0 Å². The van der Waals surface area contributed by atoms with Gasteiger partial charge in [0.2, 0.25) is 0 Å². The molecule has 0 spiro atoms. The van der Waals surface area contributed by atoms with Crippen molar-refractivity contribution in [2.75, 3.05) is 0 Å². The summed E-state index contributed by atoms with van der Waals surface area (Å²) in [5.41, 5.74) is 15.7. The van der Waals surface area contributed by atoms with Crippen molar-refractivity contribution < 1.29 is 0 Å². The number of hydrogen-bond acceptors (Lipinski definition) is 4. The summed E-state index contributed by atoms with van der Waals surface area (Å²) >= 11 is 0. The van der Waals surface area contributed by atoms with E-state index in [0.717, 1.165) is 38.9 Å². The van der Waals surface area contributed by atoms with Crippen LogP contribution in [-0.2, 0) is 10.8 Å². The van der Waals surface area contributed by atoms with Crippen molar-refractivity contribution >= 4 is 21.9 Å². The first-order valence-corrected chi connectivity index (χ1v) is 19.0. The largest absolute Gasteiger partial charge is 0.294 e. The van der Waals surface area contributed by atoms with E-state index in [1.165, 1.54) is 49.9 Å². The van der Waals surface area contributed by atoms with Crippen LogP contribution in [0.5, 0.6) is 0 Å². The second kappa shape index (κ2) is 11.4. The van der Waals surface area contributed by atoms with Gasteiger partial charge in [-0.25, -0.2) is 19.9 Å². The number of pyridine rings is 1. The van der Waals surface area contributed by atoms with Gasteiger partial charge >= 0.3 is 0 Å². The van der Waals surface area contributed by atoms with Gasteiger partial charge in [0.05, 0.1) is 5.52 Å². The topological polar surface area (TPSA) is 56.5 Å². The molecule has 5 heteroatoms. The Balaban J connectivity index is 1.11. The van der Waals surface area contributed by atoms with E-state index < -0.39 is 0 Å². The SMILES string of the molecule is CC1(C)c2ccccc2-c2c(-c3nc(-c4ccccc4)nc(-c4cccc5c4C(C)(C)c4cc(-n6c7ccccc7c7cccnc76)ccc4-5)n3)cccc21. The van der Waals surface area contributed by atoms with Crippen LogP contribution >= 0.6 is 0 Å².